The maximum absolute atomic E-state index is 11.9. The van der Waals surface area contributed by atoms with Gasteiger partial charge < -0.3 is 19.5 Å². The number of aliphatic carboxylic acids is 1. The summed E-state index contributed by atoms with van der Waals surface area (Å²) >= 11 is 7.17. The van der Waals surface area contributed by atoms with Gasteiger partial charge in [-0.15, -0.1) is 22.7 Å². The average Bonchev–Trinajstić information content (AvgIpc) is 3.91. The third-order valence-corrected chi connectivity index (χ3v) is 14.5. The first-order valence-corrected chi connectivity index (χ1v) is 25.5. The second-order valence-corrected chi connectivity index (χ2v) is 19.4. The second-order valence-electron chi connectivity index (χ2n) is 16.4. The van der Waals surface area contributed by atoms with Crippen LogP contribution >= 0.6 is 38.6 Å². The Morgan fingerprint density at radius 2 is 1.08 bits per heavy atom. The molecule has 5 aromatic rings. The maximum atomic E-state index is 11.9. The lowest BCUT2D eigenvalue weighted by atomic mass is 10.0. The summed E-state index contributed by atoms with van der Waals surface area (Å²) < 4.78 is 10.6. The standard InChI is InChI=1S/C54H64BrNO6S2/c1-4-6-8-10-12-14-16-18-20-43-36-49(34-40(3)54(59)60)63-53(43)50-37-44(21-19-17-15-13-11-9-7-5-2)52(64-50)42-24-30-47(31-25-42)56(48-32-26-45(55)27-33-48)46-28-22-41(23-29-46)35-51(61-38-57)62-39-58/h22-39H,4-21H2,1-3H3,(H,59,60)/b40-34-. The summed E-state index contributed by atoms with van der Waals surface area (Å²) in [7, 11) is 0. The molecule has 64 heavy (non-hydrogen) atoms. The number of unbranched alkanes of at least 4 members (excludes halogenated alkanes) is 14. The van der Waals surface area contributed by atoms with Crippen LogP contribution in [0.25, 0.3) is 32.3 Å². The third kappa shape index (κ3) is 15.7. The molecule has 0 fully saturated rings. The Hall–Kier alpha value is -4.77. The molecule has 0 atom stereocenters. The van der Waals surface area contributed by atoms with Gasteiger partial charge in [0.25, 0.3) is 5.95 Å². The molecule has 0 saturated heterocycles. The number of carbonyl (C=O) groups excluding carboxylic acids is 2. The van der Waals surface area contributed by atoms with Crippen LogP contribution < -0.4 is 4.90 Å². The molecule has 2 aromatic heterocycles. The molecule has 10 heteroatoms. The molecule has 340 valence electrons. The van der Waals surface area contributed by atoms with E-state index in [2.05, 4.69) is 83.2 Å². The summed E-state index contributed by atoms with van der Waals surface area (Å²) in [4.78, 5) is 40.7. The van der Waals surface area contributed by atoms with Crippen molar-refractivity contribution in [2.45, 2.75) is 136 Å². The second kappa shape index (κ2) is 27.5. The van der Waals surface area contributed by atoms with Crippen LogP contribution in [0, 0.1) is 0 Å². The van der Waals surface area contributed by atoms with Crippen molar-refractivity contribution in [3.63, 3.8) is 0 Å². The number of anilines is 3. The van der Waals surface area contributed by atoms with E-state index in [0.29, 0.717) is 11.1 Å². The number of carboxylic acid groups (broad SMARTS) is 1. The van der Waals surface area contributed by atoms with Crippen LogP contribution in [0.2, 0.25) is 0 Å². The third-order valence-electron chi connectivity index (χ3n) is 11.4. The van der Waals surface area contributed by atoms with E-state index in [1.54, 1.807) is 18.3 Å². The van der Waals surface area contributed by atoms with Crippen molar-refractivity contribution < 1.29 is 29.0 Å². The Morgan fingerprint density at radius 3 is 1.58 bits per heavy atom. The Morgan fingerprint density at radius 1 is 0.609 bits per heavy atom. The van der Waals surface area contributed by atoms with Gasteiger partial charge >= 0.3 is 18.9 Å². The first kappa shape index (κ1) is 50.2. The Bertz CT molecular complexity index is 2240. The lowest BCUT2D eigenvalue weighted by Crippen LogP contribution is -2.09. The summed E-state index contributed by atoms with van der Waals surface area (Å²) in [6.45, 7) is 6.64. The highest BCUT2D eigenvalue weighted by Crippen LogP contribution is 2.45. The Labute approximate surface area is 397 Å². The monoisotopic (exact) mass is 965 g/mol. The number of halogens is 1. The predicted molar refractivity (Wildman–Crippen MR) is 272 cm³/mol. The fraction of sp³-hybridized carbons (Fsp3) is 0.389. The molecule has 0 unspecified atom stereocenters. The zero-order valence-electron chi connectivity index (χ0n) is 37.8. The van der Waals surface area contributed by atoms with Gasteiger partial charge in [0.2, 0.25) is 0 Å². The largest absolute Gasteiger partial charge is 0.478 e. The fourth-order valence-electron chi connectivity index (χ4n) is 7.91. The van der Waals surface area contributed by atoms with Gasteiger partial charge in [0.05, 0.1) is 0 Å². The molecule has 0 spiro atoms. The van der Waals surface area contributed by atoms with Gasteiger partial charge in [-0.25, -0.2) is 4.79 Å². The molecule has 1 N–H and O–H groups in total. The number of carbonyl (C=O) groups is 3. The highest BCUT2D eigenvalue weighted by molar-refractivity contribution is 9.10. The highest BCUT2D eigenvalue weighted by Gasteiger charge is 2.19. The summed E-state index contributed by atoms with van der Waals surface area (Å²) in [6, 6.07) is 29.3. The zero-order valence-corrected chi connectivity index (χ0v) is 41.0. The molecule has 0 aliphatic heterocycles. The minimum atomic E-state index is -0.886. The maximum Gasteiger partial charge on any atom is 0.331 e. The molecule has 0 radical (unpaired) electrons. The SMILES string of the molecule is CCCCCCCCCCc1cc(-c2sc(/C=C(/C)C(=O)O)cc2CCCCCCCCCC)sc1-c1ccc(N(c2ccc(Br)cc2)c2ccc(C=C(OC=O)OC=O)cc2)cc1. The highest BCUT2D eigenvalue weighted by atomic mass is 79.9. The van der Waals surface area contributed by atoms with Gasteiger partial charge in [-0.05, 0) is 122 Å². The first-order valence-electron chi connectivity index (χ1n) is 23.1. The number of carboxylic acids is 1. The summed E-state index contributed by atoms with van der Waals surface area (Å²) in [5.41, 5.74) is 7.78. The number of hydrogen-bond acceptors (Lipinski definition) is 8. The van der Waals surface area contributed by atoms with E-state index >= 15 is 0 Å². The van der Waals surface area contributed by atoms with Crippen molar-refractivity contribution in [3.8, 4) is 20.2 Å². The molecule has 7 nitrogen and oxygen atoms in total. The van der Waals surface area contributed by atoms with E-state index in [-0.39, 0.29) is 18.9 Å². The lowest BCUT2D eigenvalue weighted by Gasteiger charge is -2.26. The number of ether oxygens (including phenoxy) is 2. The van der Waals surface area contributed by atoms with Gasteiger partial charge in [-0.2, -0.15) is 0 Å². The average molecular weight is 967 g/mol. The summed E-state index contributed by atoms with van der Waals surface area (Å²) in [5.74, 6) is -1.09. The number of benzene rings is 3. The molecule has 0 aliphatic carbocycles. The molecular weight excluding hydrogens is 903 g/mol. The van der Waals surface area contributed by atoms with Crippen molar-refractivity contribution in [2.75, 3.05) is 4.90 Å². The quantitative estimate of drug-likeness (QED) is 0.0212. The molecule has 2 heterocycles. The van der Waals surface area contributed by atoms with E-state index in [1.807, 2.05) is 53.8 Å². The van der Waals surface area contributed by atoms with Crippen LogP contribution in [0.3, 0.4) is 0 Å². The van der Waals surface area contributed by atoms with Gasteiger partial charge in [-0.1, -0.05) is 144 Å². The van der Waals surface area contributed by atoms with Crippen molar-refractivity contribution in [1.29, 1.82) is 0 Å². The van der Waals surface area contributed by atoms with Crippen LogP contribution in [0.1, 0.15) is 145 Å². The number of nitrogens with zero attached hydrogens (tertiary/aromatic N) is 1. The van der Waals surface area contributed by atoms with Crippen molar-refractivity contribution >= 4 is 86.7 Å². The molecule has 5 rings (SSSR count). The normalized spacial score (nSPS) is 11.3. The molecule has 3 aromatic carbocycles. The Kier molecular flexibility index (Phi) is 21.6. The molecule has 0 bridgehead atoms. The number of rotatable bonds is 30. The smallest absolute Gasteiger partial charge is 0.331 e. The van der Waals surface area contributed by atoms with Crippen LogP contribution in [0.4, 0.5) is 17.1 Å². The van der Waals surface area contributed by atoms with E-state index < -0.39 is 5.97 Å². The molecular formula is C54H64BrNO6S2. The summed E-state index contributed by atoms with van der Waals surface area (Å²) in [6.07, 6.45) is 25.6. The topological polar surface area (TPSA) is 93.1 Å². The van der Waals surface area contributed by atoms with E-state index in [1.165, 1.54) is 127 Å². The van der Waals surface area contributed by atoms with Crippen molar-refractivity contribution in [2.24, 2.45) is 0 Å². The number of hydrogen-bond donors (Lipinski definition) is 1. The molecule has 0 amide bonds. The van der Waals surface area contributed by atoms with Crippen LogP contribution in [0.5, 0.6) is 0 Å². The van der Waals surface area contributed by atoms with Crippen molar-refractivity contribution in [3.05, 3.63) is 122 Å². The lowest BCUT2D eigenvalue weighted by molar-refractivity contribution is -0.137. The predicted octanol–water partition coefficient (Wildman–Crippen LogP) is 16.9. The van der Waals surface area contributed by atoms with Crippen LogP contribution in [-0.4, -0.2) is 24.0 Å². The first-order chi connectivity index (χ1) is 31.2. The van der Waals surface area contributed by atoms with Gasteiger partial charge in [-0.3, -0.25) is 9.59 Å². The molecule has 0 saturated carbocycles. The van der Waals surface area contributed by atoms with Gasteiger partial charge in [0.15, 0.2) is 0 Å². The summed E-state index contributed by atoms with van der Waals surface area (Å²) in [5, 5.41) is 9.72. The van der Waals surface area contributed by atoms with Gasteiger partial charge in [0, 0.05) is 52.7 Å². The van der Waals surface area contributed by atoms with Crippen molar-refractivity contribution in [1.82, 2.24) is 0 Å². The van der Waals surface area contributed by atoms with Gasteiger partial charge in [0.1, 0.15) is 0 Å². The van der Waals surface area contributed by atoms with E-state index in [9.17, 15) is 19.5 Å². The number of thiophene rings is 2. The minimum Gasteiger partial charge on any atom is -0.478 e. The van der Waals surface area contributed by atoms with Crippen LogP contribution in [-0.2, 0) is 36.7 Å². The zero-order chi connectivity index (χ0) is 45.5. The minimum absolute atomic E-state index is 0.207. The van der Waals surface area contributed by atoms with E-state index in [4.69, 9.17) is 9.47 Å². The van der Waals surface area contributed by atoms with Crippen LogP contribution in [0.15, 0.2) is 101 Å². The fourth-order valence-corrected chi connectivity index (χ4v) is 10.7. The molecule has 0 aliphatic rings. The van der Waals surface area contributed by atoms with E-state index in [0.717, 1.165) is 52.1 Å². The number of aryl methyl sites for hydroxylation is 2. The Balaban J connectivity index is 1.47.